The molecule has 0 spiro atoms. The van der Waals surface area contributed by atoms with Crippen LogP contribution in [-0.4, -0.2) is 23.3 Å². The highest BCUT2D eigenvalue weighted by Crippen LogP contribution is 2.34. The third kappa shape index (κ3) is 3.03. The fraction of sp³-hybridized carbons (Fsp3) is 0.167. The Hall–Kier alpha value is -3.35. The van der Waals surface area contributed by atoms with Crippen molar-refractivity contribution >= 4 is 29.1 Å². The van der Waals surface area contributed by atoms with Crippen LogP contribution in [0.15, 0.2) is 42.5 Å². The predicted octanol–water partition coefficient (Wildman–Crippen LogP) is 1.82. The highest BCUT2D eigenvalue weighted by Gasteiger charge is 2.47. The second kappa shape index (κ2) is 5.94. The molecule has 0 radical (unpaired) electrons. The summed E-state index contributed by atoms with van der Waals surface area (Å²) in [6.45, 7) is 3.27. The van der Waals surface area contributed by atoms with Crippen molar-refractivity contribution in [1.82, 2.24) is 0 Å². The van der Waals surface area contributed by atoms with Gasteiger partial charge >= 0.3 is 0 Å². The van der Waals surface area contributed by atoms with Crippen molar-refractivity contribution in [3.05, 3.63) is 53.6 Å². The van der Waals surface area contributed by atoms with Crippen LogP contribution >= 0.6 is 0 Å². The Labute approximate surface area is 144 Å². The van der Waals surface area contributed by atoms with Gasteiger partial charge in [-0.25, -0.2) is 0 Å². The van der Waals surface area contributed by atoms with Gasteiger partial charge in [0, 0.05) is 11.3 Å². The van der Waals surface area contributed by atoms with E-state index >= 15 is 0 Å². The number of hydrogen-bond donors (Lipinski definition) is 3. The topological polar surface area (TPSA) is 111 Å². The largest absolute Gasteiger partial charge is 0.466 e. The number of hydrogen-bond acceptors (Lipinski definition) is 4. The maximum Gasteiger partial charge on any atom is 0.278 e. The summed E-state index contributed by atoms with van der Waals surface area (Å²) in [5, 5.41) is 5.28. The minimum Gasteiger partial charge on any atom is -0.466 e. The second-order valence-corrected chi connectivity index (χ2v) is 5.99. The van der Waals surface area contributed by atoms with Gasteiger partial charge in [0.1, 0.15) is 5.75 Å². The first kappa shape index (κ1) is 16.5. The molecule has 7 heteroatoms. The third-order valence-electron chi connectivity index (χ3n) is 3.97. The van der Waals surface area contributed by atoms with Gasteiger partial charge in [-0.15, -0.1) is 0 Å². The number of fused-ring (bicyclic) bond motifs is 1. The molecular weight excluding hydrogens is 322 g/mol. The molecule has 3 amide bonds. The van der Waals surface area contributed by atoms with Gasteiger partial charge < -0.3 is 21.1 Å². The molecule has 2 aromatic carbocycles. The van der Waals surface area contributed by atoms with Crippen molar-refractivity contribution in [2.75, 3.05) is 10.6 Å². The van der Waals surface area contributed by atoms with E-state index in [2.05, 4.69) is 10.6 Å². The average molecular weight is 339 g/mol. The molecule has 25 heavy (non-hydrogen) atoms. The van der Waals surface area contributed by atoms with E-state index in [4.69, 9.17) is 10.5 Å². The number of primary amides is 1. The summed E-state index contributed by atoms with van der Waals surface area (Å²) < 4.78 is 5.68. The molecule has 0 saturated heterocycles. The summed E-state index contributed by atoms with van der Waals surface area (Å²) in [4.78, 5) is 36.3. The molecule has 0 unspecified atom stereocenters. The van der Waals surface area contributed by atoms with E-state index in [1.165, 1.54) is 19.1 Å². The Morgan fingerprint density at radius 1 is 1.20 bits per heavy atom. The standard InChI is InChI=1S/C18H17N3O4/c1-10-6-7-14-13(8-10)21-17(24)18(2,25-14)16(23)20-12-5-3-4-11(9-12)15(19)22/h3-9H,1-2H3,(H2,19,22)(H,20,23)(H,21,24)/t18-/m0/s1. The van der Waals surface area contributed by atoms with Crippen LogP contribution in [0.2, 0.25) is 0 Å². The van der Waals surface area contributed by atoms with Crippen LogP contribution in [0.3, 0.4) is 0 Å². The summed E-state index contributed by atoms with van der Waals surface area (Å²) in [5.41, 5.74) is 5.55. The molecule has 0 fully saturated rings. The van der Waals surface area contributed by atoms with E-state index in [0.29, 0.717) is 17.1 Å². The van der Waals surface area contributed by atoms with Crippen molar-refractivity contribution in [2.45, 2.75) is 19.4 Å². The number of nitrogens with two attached hydrogens (primary N) is 1. The number of ether oxygens (including phenoxy) is 1. The Balaban J connectivity index is 1.86. The van der Waals surface area contributed by atoms with Crippen molar-refractivity contribution in [1.29, 1.82) is 0 Å². The Kier molecular flexibility index (Phi) is 3.92. The monoisotopic (exact) mass is 339 g/mol. The van der Waals surface area contributed by atoms with Gasteiger partial charge in [0.2, 0.25) is 5.91 Å². The lowest BCUT2D eigenvalue weighted by molar-refractivity contribution is -0.143. The molecule has 1 atom stereocenters. The number of carbonyl (C=O) groups excluding carboxylic acids is 3. The van der Waals surface area contributed by atoms with Gasteiger partial charge in [-0.3, -0.25) is 14.4 Å². The Morgan fingerprint density at radius 3 is 2.68 bits per heavy atom. The van der Waals surface area contributed by atoms with E-state index < -0.39 is 23.3 Å². The molecule has 0 aliphatic carbocycles. The number of nitrogens with one attached hydrogen (secondary N) is 2. The zero-order chi connectivity index (χ0) is 18.2. The van der Waals surface area contributed by atoms with E-state index in [9.17, 15) is 14.4 Å². The van der Waals surface area contributed by atoms with Crippen LogP contribution in [0.4, 0.5) is 11.4 Å². The van der Waals surface area contributed by atoms with Crippen molar-refractivity contribution in [2.24, 2.45) is 5.73 Å². The van der Waals surface area contributed by atoms with Crippen molar-refractivity contribution < 1.29 is 19.1 Å². The minimum atomic E-state index is -1.75. The van der Waals surface area contributed by atoms with Gasteiger partial charge in [-0.05, 0) is 49.7 Å². The summed E-state index contributed by atoms with van der Waals surface area (Å²) in [5.74, 6) is -1.43. The highest BCUT2D eigenvalue weighted by molar-refractivity contribution is 6.19. The molecule has 4 N–H and O–H groups in total. The van der Waals surface area contributed by atoms with Crippen LogP contribution in [0.25, 0.3) is 0 Å². The lowest BCUT2D eigenvalue weighted by Gasteiger charge is -2.33. The van der Waals surface area contributed by atoms with Crippen LogP contribution < -0.4 is 21.1 Å². The lowest BCUT2D eigenvalue weighted by Crippen LogP contribution is -2.56. The molecule has 3 rings (SSSR count). The summed E-state index contributed by atoms with van der Waals surface area (Å²) in [6, 6.07) is 11.4. The molecule has 0 aromatic heterocycles. The van der Waals surface area contributed by atoms with Crippen LogP contribution in [-0.2, 0) is 9.59 Å². The van der Waals surface area contributed by atoms with E-state index in [-0.39, 0.29) is 5.56 Å². The molecule has 1 aliphatic rings. The number of carbonyl (C=O) groups is 3. The quantitative estimate of drug-likeness (QED) is 0.741. The molecule has 2 aromatic rings. The Morgan fingerprint density at radius 2 is 1.96 bits per heavy atom. The molecule has 1 heterocycles. The number of benzene rings is 2. The summed E-state index contributed by atoms with van der Waals surface area (Å²) >= 11 is 0. The molecule has 128 valence electrons. The average Bonchev–Trinajstić information content (AvgIpc) is 2.56. The molecule has 0 bridgehead atoms. The van der Waals surface area contributed by atoms with Crippen molar-refractivity contribution in [3.63, 3.8) is 0 Å². The minimum absolute atomic E-state index is 0.248. The first-order valence-corrected chi connectivity index (χ1v) is 7.62. The van der Waals surface area contributed by atoms with Gasteiger partial charge in [0.25, 0.3) is 17.4 Å². The SMILES string of the molecule is Cc1ccc2c(c1)NC(=O)[C@](C)(C(=O)Nc1cccc(C(N)=O)c1)O2. The van der Waals surface area contributed by atoms with Gasteiger partial charge in [0.05, 0.1) is 5.69 Å². The number of rotatable bonds is 3. The first-order chi connectivity index (χ1) is 11.8. The number of anilines is 2. The fourth-order valence-corrected chi connectivity index (χ4v) is 2.49. The molecule has 7 nitrogen and oxygen atoms in total. The van der Waals surface area contributed by atoms with Gasteiger partial charge in [0.15, 0.2) is 0 Å². The smallest absolute Gasteiger partial charge is 0.278 e. The van der Waals surface area contributed by atoms with E-state index in [1.807, 2.05) is 13.0 Å². The second-order valence-electron chi connectivity index (χ2n) is 5.99. The fourth-order valence-electron chi connectivity index (χ4n) is 2.49. The van der Waals surface area contributed by atoms with Crippen molar-refractivity contribution in [3.8, 4) is 5.75 Å². The maximum absolute atomic E-state index is 12.6. The first-order valence-electron chi connectivity index (χ1n) is 7.62. The number of amides is 3. The summed E-state index contributed by atoms with van der Waals surface area (Å²) in [6.07, 6.45) is 0. The molecular formula is C18H17N3O4. The van der Waals surface area contributed by atoms with Gasteiger partial charge in [-0.2, -0.15) is 0 Å². The lowest BCUT2D eigenvalue weighted by atomic mass is 10.0. The summed E-state index contributed by atoms with van der Waals surface area (Å²) in [7, 11) is 0. The predicted molar refractivity (Wildman–Crippen MR) is 92.4 cm³/mol. The third-order valence-corrected chi connectivity index (χ3v) is 3.97. The van der Waals surface area contributed by atoms with Gasteiger partial charge in [-0.1, -0.05) is 12.1 Å². The zero-order valence-corrected chi connectivity index (χ0v) is 13.8. The van der Waals surface area contributed by atoms with Crippen LogP contribution in [0.5, 0.6) is 5.75 Å². The molecule has 1 aliphatic heterocycles. The van der Waals surface area contributed by atoms with E-state index in [0.717, 1.165) is 5.56 Å². The number of aryl methyl sites for hydroxylation is 1. The zero-order valence-electron chi connectivity index (χ0n) is 13.8. The molecule has 0 saturated carbocycles. The maximum atomic E-state index is 12.6. The van der Waals surface area contributed by atoms with Crippen LogP contribution in [0.1, 0.15) is 22.8 Å². The normalized spacial score (nSPS) is 18.6. The highest BCUT2D eigenvalue weighted by atomic mass is 16.5. The Bertz CT molecular complexity index is 894. The van der Waals surface area contributed by atoms with E-state index in [1.54, 1.807) is 24.3 Å². The van der Waals surface area contributed by atoms with Crippen LogP contribution in [0, 0.1) is 6.92 Å².